The van der Waals surface area contributed by atoms with E-state index in [1.807, 2.05) is 56.3 Å². The van der Waals surface area contributed by atoms with Crippen molar-refractivity contribution in [3.8, 4) is 0 Å². The maximum atomic E-state index is 13.4. The molecule has 1 fully saturated rings. The third kappa shape index (κ3) is 3.20. The van der Waals surface area contributed by atoms with E-state index >= 15 is 0 Å². The van der Waals surface area contributed by atoms with Gasteiger partial charge in [0.05, 0.1) is 6.54 Å². The normalized spacial score (nSPS) is 19.0. The number of nitrogens with zero attached hydrogens (tertiary/aromatic N) is 1. The molecule has 1 aliphatic rings. The summed E-state index contributed by atoms with van der Waals surface area (Å²) in [5.74, 6) is -0.302. The lowest BCUT2D eigenvalue weighted by Gasteiger charge is -2.27. The molecule has 1 N–H and O–H groups in total. The molecule has 0 aliphatic carbocycles. The van der Waals surface area contributed by atoms with Crippen LogP contribution < -0.4 is 10.9 Å². The number of aryl methyl sites for hydroxylation is 1. The van der Waals surface area contributed by atoms with Crippen molar-refractivity contribution in [3.63, 3.8) is 0 Å². The topological polar surface area (TPSA) is 79.6 Å². The summed E-state index contributed by atoms with van der Waals surface area (Å²) in [4.78, 5) is 39.5. The molecule has 148 valence electrons. The van der Waals surface area contributed by atoms with E-state index in [4.69, 9.17) is 4.42 Å². The molecular weight excluding hydrogens is 368 g/mol. The summed E-state index contributed by atoms with van der Waals surface area (Å²) < 4.78 is 5.29. The number of imide groups is 1. The summed E-state index contributed by atoms with van der Waals surface area (Å²) in [5.41, 5.74) is 1.16. The van der Waals surface area contributed by atoms with E-state index in [9.17, 15) is 14.4 Å². The van der Waals surface area contributed by atoms with Gasteiger partial charge in [0.1, 0.15) is 11.1 Å². The van der Waals surface area contributed by atoms with E-state index in [1.165, 1.54) is 11.0 Å². The molecule has 0 spiro atoms. The number of carbonyl (C=O) groups is 2. The number of rotatable bonds is 5. The SMILES string of the molecule is CCC[C@@]1(c2ccccc2)NC(=O)N(Cc2cc(=O)oc3cc(C)ccc23)C1=O. The lowest BCUT2D eigenvalue weighted by molar-refractivity contribution is -0.132. The van der Waals surface area contributed by atoms with Crippen molar-refractivity contribution in [1.82, 2.24) is 10.2 Å². The molecule has 1 atom stereocenters. The Balaban J connectivity index is 1.76. The molecule has 1 aliphatic heterocycles. The number of benzene rings is 2. The first-order chi connectivity index (χ1) is 13.9. The number of hydrogen-bond acceptors (Lipinski definition) is 4. The third-order valence-electron chi connectivity index (χ3n) is 5.38. The van der Waals surface area contributed by atoms with Crippen molar-refractivity contribution in [2.75, 3.05) is 0 Å². The Bertz CT molecular complexity index is 1150. The molecule has 6 nitrogen and oxygen atoms in total. The van der Waals surface area contributed by atoms with Gasteiger partial charge in [-0.15, -0.1) is 0 Å². The maximum absolute atomic E-state index is 13.4. The van der Waals surface area contributed by atoms with Crippen LogP contribution in [0.3, 0.4) is 0 Å². The first-order valence-corrected chi connectivity index (χ1v) is 9.67. The number of nitrogens with one attached hydrogen (secondary N) is 1. The zero-order valence-corrected chi connectivity index (χ0v) is 16.4. The second-order valence-electron chi connectivity index (χ2n) is 7.43. The van der Waals surface area contributed by atoms with E-state index in [2.05, 4.69) is 5.32 Å². The van der Waals surface area contributed by atoms with Crippen molar-refractivity contribution in [3.05, 3.63) is 81.7 Å². The molecular formula is C23H22N2O4. The highest BCUT2D eigenvalue weighted by molar-refractivity contribution is 6.07. The van der Waals surface area contributed by atoms with Crippen LogP contribution in [0.4, 0.5) is 4.79 Å². The number of fused-ring (bicyclic) bond motifs is 1. The second kappa shape index (κ2) is 7.20. The van der Waals surface area contributed by atoms with Gasteiger partial charge in [-0.1, -0.05) is 55.8 Å². The minimum atomic E-state index is -1.08. The number of hydrogen-bond donors (Lipinski definition) is 1. The van der Waals surface area contributed by atoms with E-state index in [0.29, 0.717) is 23.0 Å². The Morgan fingerprint density at radius 3 is 2.52 bits per heavy atom. The molecule has 0 radical (unpaired) electrons. The smallest absolute Gasteiger partial charge is 0.336 e. The Kier molecular flexibility index (Phi) is 4.70. The van der Waals surface area contributed by atoms with Gasteiger partial charge in [-0.2, -0.15) is 0 Å². The summed E-state index contributed by atoms with van der Waals surface area (Å²) in [7, 11) is 0. The minimum Gasteiger partial charge on any atom is -0.423 e. The minimum absolute atomic E-state index is 0.00806. The van der Waals surface area contributed by atoms with E-state index in [-0.39, 0.29) is 12.5 Å². The molecule has 0 saturated carbocycles. The highest BCUT2D eigenvalue weighted by atomic mass is 16.4. The highest BCUT2D eigenvalue weighted by Crippen LogP contribution is 2.34. The van der Waals surface area contributed by atoms with Gasteiger partial charge in [0, 0.05) is 11.5 Å². The van der Waals surface area contributed by atoms with Crippen LogP contribution in [0.5, 0.6) is 0 Å². The number of carbonyl (C=O) groups excluding carboxylic acids is 2. The Hall–Kier alpha value is -3.41. The summed E-state index contributed by atoms with van der Waals surface area (Å²) in [6, 6.07) is 15.7. The third-order valence-corrected chi connectivity index (χ3v) is 5.38. The molecule has 6 heteroatoms. The molecule has 1 saturated heterocycles. The van der Waals surface area contributed by atoms with Crippen LogP contribution in [0.1, 0.15) is 36.5 Å². The van der Waals surface area contributed by atoms with E-state index < -0.39 is 17.2 Å². The summed E-state index contributed by atoms with van der Waals surface area (Å²) in [6.07, 6.45) is 1.22. The van der Waals surface area contributed by atoms with Gasteiger partial charge in [0.25, 0.3) is 5.91 Å². The zero-order valence-electron chi connectivity index (χ0n) is 16.4. The predicted molar refractivity (Wildman–Crippen MR) is 109 cm³/mol. The van der Waals surface area contributed by atoms with Crippen molar-refractivity contribution >= 4 is 22.9 Å². The Morgan fingerprint density at radius 2 is 1.79 bits per heavy atom. The number of urea groups is 1. The molecule has 4 rings (SSSR count). The average Bonchev–Trinajstić information content (AvgIpc) is 2.93. The quantitative estimate of drug-likeness (QED) is 0.530. The molecule has 3 aromatic rings. The molecule has 0 unspecified atom stereocenters. The van der Waals surface area contributed by atoms with Gasteiger partial charge >= 0.3 is 11.7 Å². The zero-order chi connectivity index (χ0) is 20.6. The summed E-state index contributed by atoms with van der Waals surface area (Å²) in [5, 5.41) is 3.62. The van der Waals surface area contributed by atoms with Crippen LogP contribution in [0.2, 0.25) is 0 Å². The lowest BCUT2D eigenvalue weighted by atomic mass is 9.85. The highest BCUT2D eigenvalue weighted by Gasteiger charge is 2.51. The predicted octanol–water partition coefficient (Wildman–Crippen LogP) is 3.85. The van der Waals surface area contributed by atoms with Crippen LogP contribution >= 0.6 is 0 Å². The van der Waals surface area contributed by atoms with Gasteiger partial charge in [-0.25, -0.2) is 9.59 Å². The number of amides is 3. The van der Waals surface area contributed by atoms with Crippen molar-refractivity contribution in [2.45, 2.75) is 38.8 Å². The van der Waals surface area contributed by atoms with Crippen LogP contribution in [0.25, 0.3) is 11.0 Å². The van der Waals surface area contributed by atoms with Gasteiger partial charge in [-0.3, -0.25) is 9.69 Å². The summed E-state index contributed by atoms with van der Waals surface area (Å²) >= 11 is 0. The van der Waals surface area contributed by atoms with Gasteiger partial charge in [0.2, 0.25) is 0 Å². The fraction of sp³-hybridized carbons (Fsp3) is 0.261. The molecule has 3 amide bonds. The van der Waals surface area contributed by atoms with Gasteiger partial charge < -0.3 is 9.73 Å². The van der Waals surface area contributed by atoms with E-state index in [0.717, 1.165) is 17.5 Å². The van der Waals surface area contributed by atoms with Crippen molar-refractivity contribution in [2.24, 2.45) is 0 Å². The van der Waals surface area contributed by atoms with Crippen LogP contribution in [0, 0.1) is 6.92 Å². The summed E-state index contributed by atoms with van der Waals surface area (Å²) in [6.45, 7) is 3.89. The van der Waals surface area contributed by atoms with Gasteiger partial charge in [0.15, 0.2) is 0 Å². The molecule has 2 aromatic carbocycles. The molecule has 0 bridgehead atoms. The Labute approximate surface area is 168 Å². The lowest BCUT2D eigenvalue weighted by Crippen LogP contribution is -2.43. The van der Waals surface area contributed by atoms with Crippen LogP contribution in [-0.2, 0) is 16.9 Å². The largest absolute Gasteiger partial charge is 0.423 e. The van der Waals surface area contributed by atoms with Crippen molar-refractivity contribution in [1.29, 1.82) is 0 Å². The van der Waals surface area contributed by atoms with E-state index in [1.54, 1.807) is 6.07 Å². The van der Waals surface area contributed by atoms with Crippen LogP contribution in [-0.4, -0.2) is 16.8 Å². The monoisotopic (exact) mass is 390 g/mol. The fourth-order valence-electron chi connectivity index (χ4n) is 4.02. The van der Waals surface area contributed by atoms with Crippen LogP contribution in [0.15, 0.2) is 63.8 Å². The Morgan fingerprint density at radius 1 is 1.03 bits per heavy atom. The molecule has 2 heterocycles. The standard InChI is InChI=1S/C23H22N2O4/c1-3-11-23(17-7-5-4-6-8-17)21(27)25(22(28)24-23)14-16-13-20(26)29-19-12-15(2)9-10-18(16)19/h4-10,12-13H,3,11,14H2,1-2H3,(H,24,28)/t23-/m0/s1. The fourth-order valence-corrected chi connectivity index (χ4v) is 4.02. The maximum Gasteiger partial charge on any atom is 0.336 e. The van der Waals surface area contributed by atoms with Gasteiger partial charge in [-0.05, 0) is 36.1 Å². The van der Waals surface area contributed by atoms with Crippen molar-refractivity contribution < 1.29 is 14.0 Å². The second-order valence-corrected chi connectivity index (χ2v) is 7.43. The molecule has 1 aromatic heterocycles. The first kappa shape index (κ1) is 18.9. The first-order valence-electron chi connectivity index (χ1n) is 9.67. The molecule has 29 heavy (non-hydrogen) atoms. The average molecular weight is 390 g/mol.